The molecule has 7 atom stereocenters. The Morgan fingerprint density at radius 1 is 0.925 bits per heavy atom. The molecule has 0 bridgehead atoms. The topological polar surface area (TPSA) is 89.9 Å². The summed E-state index contributed by atoms with van der Waals surface area (Å²) in [7, 11) is 1.85. The van der Waals surface area contributed by atoms with Gasteiger partial charge in [0.2, 0.25) is 0 Å². The Balaban J connectivity index is 1.20. The summed E-state index contributed by atoms with van der Waals surface area (Å²) in [6, 6.07) is -1.67. The minimum Gasteiger partial charge on any atom is -0.395 e. The third-order valence-electron chi connectivity index (χ3n) is 10.1. The number of β-amino-alcohol motifs (C(OH)–C–C–N with tert-alkyl or cyclic N) is 1. The van der Waals surface area contributed by atoms with Crippen LogP contribution in [0.4, 0.5) is 26.3 Å². The summed E-state index contributed by atoms with van der Waals surface area (Å²) in [4.78, 5) is 5.57. The van der Waals surface area contributed by atoms with E-state index in [0.717, 1.165) is 32.1 Å². The van der Waals surface area contributed by atoms with Gasteiger partial charge in [-0.25, -0.2) is 0 Å². The lowest BCUT2D eigenvalue weighted by atomic mass is 9.76. The third-order valence-corrected chi connectivity index (χ3v) is 10.1. The van der Waals surface area contributed by atoms with Gasteiger partial charge in [0.05, 0.1) is 30.9 Å². The smallest absolute Gasteiger partial charge is 0.395 e. The number of alkyl halides is 6. The van der Waals surface area contributed by atoms with Gasteiger partial charge in [-0.1, -0.05) is 12.8 Å². The summed E-state index contributed by atoms with van der Waals surface area (Å²) in [5, 5.41) is 27.7. The standard InChI is InChI=1S/C26H43F6N7O/c1-37-19-12-34-21(17-4-2-3-5-18(17)25(27,28)29)36-23(19)39(24(37)33)13-15-6-8-16(9-7-15)22-35-20(26(30,31)32)14-38(22)10-11-40/h15-23,33-36,40H,2-14H2,1H3. The maximum absolute atomic E-state index is 13.8. The summed E-state index contributed by atoms with van der Waals surface area (Å²) in [5.74, 6) is -1.26. The van der Waals surface area contributed by atoms with Crippen molar-refractivity contribution in [2.75, 3.05) is 39.8 Å². The molecule has 14 heteroatoms. The molecule has 5 N–H and O–H groups in total. The number of aliphatic hydroxyl groups is 1. The highest BCUT2D eigenvalue weighted by molar-refractivity contribution is 5.80. The van der Waals surface area contributed by atoms with Gasteiger partial charge in [-0.05, 0) is 56.3 Å². The number of aliphatic hydroxyl groups excluding tert-OH is 1. The molecular weight excluding hydrogens is 540 g/mol. The minimum absolute atomic E-state index is 0.0376. The number of halogens is 6. The Morgan fingerprint density at radius 2 is 1.62 bits per heavy atom. The molecule has 5 rings (SSSR count). The maximum Gasteiger partial charge on any atom is 0.405 e. The van der Waals surface area contributed by atoms with Crippen LogP contribution in [0.5, 0.6) is 0 Å². The van der Waals surface area contributed by atoms with Gasteiger partial charge in [0.1, 0.15) is 12.2 Å². The van der Waals surface area contributed by atoms with E-state index in [4.69, 9.17) is 5.41 Å². The van der Waals surface area contributed by atoms with Crippen molar-refractivity contribution in [3.8, 4) is 0 Å². The molecule has 3 saturated heterocycles. The Kier molecular flexibility index (Phi) is 8.84. The highest BCUT2D eigenvalue weighted by Crippen LogP contribution is 2.43. The average molecular weight is 584 g/mol. The average Bonchev–Trinajstić information content (AvgIpc) is 3.44. The van der Waals surface area contributed by atoms with Crippen LogP contribution in [0, 0.1) is 29.1 Å². The van der Waals surface area contributed by atoms with E-state index in [1.807, 2.05) is 16.8 Å². The minimum atomic E-state index is -4.34. The van der Waals surface area contributed by atoms with Crippen LogP contribution in [-0.4, -0.2) is 109 Å². The zero-order valence-electron chi connectivity index (χ0n) is 22.9. The first-order valence-electron chi connectivity index (χ1n) is 14.7. The van der Waals surface area contributed by atoms with E-state index >= 15 is 0 Å². The van der Waals surface area contributed by atoms with Gasteiger partial charge in [-0.15, -0.1) is 0 Å². The Hall–Kier alpha value is -1.35. The van der Waals surface area contributed by atoms with E-state index in [2.05, 4.69) is 16.0 Å². The molecule has 40 heavy (non-hydrogen) atoms. The van der Waals surface area contributed by atoms with E-state index < -0.39 is 42.6 Å². The first-order chi connectivity index (χ1) is 18.9. The van der Waals surface area contributed by atoms with Gasteiger partial charge in [0.15, 0.2) is 5.96 Å². The Morgan fingerprint density at radius 3 is 2.27 bits per heavy atom. The van der Waals surface area contributed by atoms with Crippen LogP contribution in [0.2, 0.25) is 0 Å². The third kappa shape index (κ3) is 6.06. The van der Waals surface area contributed by atoms with Crippen molar-refractivity contribution < 1.29 is 31.4 Å². The summed E-state index contributed by atoms with van der Waals surface area (Å²) < 4.78 is 81.7. The molecule has 2 aliphatic carbocycles. The zero-order chi connectivity index (χ0) is 28.8. The van der Waals surface area contributed by atoms with Gasteiger partial charge in [-0.3, -0.25) is 26.3 Å². The van der Waals surface area contributed by atoms with E-state index in [1.165, 1.54) is 0 Å². The van der Waals surface area contributed by atoms with Crippen LogP contribution in [0.15, 0.2) is 0 Å². The molecule has 5 aliphatic rings. The molecule has 230 valence electrons. The van der Waals surface area contributed by atoms with Crippen LogP contribution in [0.25, 0.3) is 0 Å². The second kappa shape index (κ2) is 11.7. The lowest BCUT2D eigenvalue weighted by Gasteiger charge is -2.45. The first-order valence-corrected chi connectivity index (χ1v) is 14.7. The van der Waals surface area contributed by atoms with E-state index in [0.29, 0.717) is 31.9 Å². The molecule has 2 saturated carbocycles. The first kappa shape index (κ1) is 30.1. The lowest BCUT2D eigenvalue weighted by molar-refractivity contribution is -0.201. The number of hydrogen-bond acceptors (Lipinski definition) is 6. The van der Waals surface area contributed by atoms with Crippen molar-refractivity contribution in [2.24, 2.45) is 23.7 Å². The molecule has 0 radical (unpaired) electrons. The number of hydrogen-bond donors (Lipinski definition) is 5. The molecule has 3 heterocycles. The number of nitrogens with zero attached hydrogens (tertiary/aromatic N) is 3. The van der Waals surface area contributed by atoms with E-state index in [-0.39, 0.29) is 50.2 Å². The number of nitrogens with one attached hydrogen (secondary N) is 4. The van der Waals surface area contributed by atoms with Gasteiger partial charge >= 0.3 is 12.4 Å². The lowest BCUT2D eigenvalue weighted by Crippen LogP contribution is -2.68. The molecule has 0 aromatic rings. The molecule has 0 amide bonds. The molecule has 8 nitrogen and oxygen atoms in total. The summed E-state index contributed by atoms with van der Waals surface area (Å²) in [5.41, 5.74) is 0. The number of likely N-dealkylation sites (N-methyl/N-ethyl adjacent to an activating group) is 1. The Bertz CT molecular complexity index is 883. The zero-order valence-corrected chi connectivity index (χ0v) is 22.9. The largest absolute Gasteiger partial charge is 0.405 e. The normalized spacial score (nSPS) is 40.1. The molecule has 0 spiro atoms. The van der Waals surface area contributed by atoms with Crippen molar-refractivity contribution in [3.63, 3.8) is 0 Å². The van der Waals surface area contributed by atoms with E-state index in [9.17, 15) is 31.4 Å². The molecule has 5 fully saturated rings. The quantitative estimate of drug-likeness (QED) is 0.308. The van der Waals surface area contributed by atoms with Gasteiger partial charge < -0.3 is 14.9 Å². The van der Waals surface area contributed by atoms with Crippen LogP contribution < -0.4 is 16.0 Å². The molecule has 0 aromatic carbocycles. The second-order valence-corrected chi connectivity index (χ2v) is 12.5. The SMILES string of the molecule is CN1C(=N)N(CC2CCC(C3NC(C(F)(F)F)CN3CCO)CC2)C2NC(C3CCCCC3C(F)(F)F)NCC21. The van der Waals surface area contributed by atoms with Crippen molar-refractivity contribution in [2.45, 2.75) is 94.3 Å². The fourth-order valence-corrected chi connectivity index (χ4v) is 7.96. The monoisotopic (exact) mass is 583 g/mol. The summed E-state index contributed by atoms with van der Waals surface area (Å²) >= 11 is 0. The number of fused-ring (bicyclic) bond motifs is 1. The highest BCUT2D eigenvalue weighted by atomic mass is 19.4. The van der Waals surface area contributed by atoms with Crippen LogP contribution in [0.1, 0.15) is 51.4 Å². The fourth-order valence-electron chi connectivity index (χ4n) is 7.96. The summed E-state index contributed by atoms with van der Waals surface area (Å²) in [6.07, 6.45) is -4.60. The van der Waals surface area contributed by atoms with Crippen LogP contribution in [-0.2, 0) is 0 Å². The fraction of sp³-hybridized carbons (Fsp3) is 0.962. The summed E-state index contributed by atoms with van der Waals surface area (Å²) in [6.45, 7) is 0.931. The van der Waals surface area contributed by atoms with Crippen molar-refractivity contribution in [1.29, 1.82) is 5.41 Å². The van der Waals surface area contributed by atoms with Gasteiger partial charge in [0, 0.05) is 33.2 Å². The number of rotatable bonds is 6. The van der Waals surface area contributed by atoms with Crippen LogP contribution in [0.3, 0.4) is 0 Å². The van der Waals surface area contributed by atoms with Gasteiger partial charge in [-0.2, -0.15) is 26.3 Å². The van der Waals surface area contributed by atoms with Crippen LogP contribution >= 0.6 is 0 Å². The van der Waals surface area contributed by atoms with E-state index in [1.54, 1.807) is 4.90 Å². The molecular formula is C26H43F6N7O. The highest BCUT2D eigenvalue weighted by Gasteiger charge is 2.53. The van der Waals surface area contributed by atoms with Crippen molar-refractivity contribution in [1.82, 2.24) is 30.7 Å². The van der Waals surface area contributed by atoms with Crippen molar-refractivity contribution >= 4 is 5.96 Å². The Labute approximate surface area is 231 Å². The predicted molar refractivity (Wildman–Crippen MR) is 137 cm³/mol. The molecule has 3 aliphatic heterocycles. The number of guanidine groups is 1. The van der Waals surface area contributed by atoms with Gasteiger partial charge in [0.25, 0.3) is 0 Å². The maximum atomic E-state index is 13.8. The van der Waals surface area contributed by atoms with Crippen molar-refractivity contribution in [3.05, 3.63) is 0 Å². The molecule has 7 unspecified atom stereocenters. The second-order valence-electron chi connectivity index (χ2n) is 12.5. The molecule has 0 aromatic heterocycles. The predicted octanol–water partition coefficient (Wildman–Crippen LogP) is 2.71.